The fraction of sp³-hybridized carbons (Fsp3) is 0.444. The van der Waals surface area contributed by atoms with Crippen LogP contribution in [0.15, 0.2) is 24.5 Å². The number of nitrogens with zero attached hydrogens (tertiary/aromatic N) is 2. The summed E-state index contributed by atoms with van der Waals surface area (Å²) in [5, 5.41) is 0. The van der Waals surface area contributed by atoms with Gasteiger partial charge >= 0.3 is 0 Å². The van der Waals surface area contributed by atoms with Gasteiger partial charge in [0.05, 0.1) is 13.2 Å². The third-order valence-electron chi connectivity index (χ3n) is 4.47. The summed E-state index contributed by atoms with van der Waals surface area (Å²) in [7, 11) is 0. The third-order valence-corrected chi connectivity index (χ3v) is 4.47. The summed E-state index contributed by atoms with van der Waals surface area (Å²) in [5.74, 6) is 1.98. The smallest absolute Gasteiger partial charge is 0.281 e. The Bertz CT molecular complexity index is 626. The summed E-state index contributed by atoms with van der Waals surface area (Å²) in [5.41, 5.74) is 5.52. The molecule has 4 rings (SSSR count). The van der Waals surface area contributed by atoms with Crippen molar-refractivity contribution in [1.82, 2.24) is 0 Å². The molecule has 0 bridgehead atoms. The highest BCUT2D eigenvalue weighted by molar-refractivity contribution is 5.60. The van der Waals surface area contributed by atoms with Gasteiger partial charge in [-0.15, -0.1) is 0 Å². The van der Waals surface area contributed by atoms with Gasteiger partial charge in [0.25, 0.3) is 11.4 Å². The van der Waals surface area contributed by atoms with Crippen molar-refractivity contribution in [2.45, 2.75) is 39.8 Å². The highest BCUT2D eigenvalue weighted by Crippen LogP contribution is 2.32. The third kappa shape index (κ3) is 2.05. The molecule has 2 aromatic heterocycles. The number of hydrogen-bond donors (Lipinski definition) is 0. The summed E-state index contributed by atoms with van der Waals surface area (Å²) in [6.07, 6.45) is 6.39. The van der Waals surface area contributed by atoms with Crippen LogP contribution < -0.4 is 18.6 Å². The van der Waals surface area contributed by atoms with Crippen LogP contribution in [0.5, 0.6) is 11.5 Å². The van der Waals surface area contributed by atoms with Gasteiger partial charge in [-0.2, -0.15) is 9.13 Å². The Morgan fingerprint density at radius 1 is 0.818 bits per heavy atom. The zero-order chi connectivity index (χ0) is 15.1. The van der Waals surface area contributed by atoms with E-state index in [0.29, 0.717) is 13.2 Å². The topological polar surface area (TPSA) is 26.2 Å². The van der Waals surface area contributed by atoms with Crippen molar-refractivity contribution in [3.63, 3.8) is 0 Å². The van der Waals surface area contributed by atoms with Gasteiger partial charge in [-0.3, -0.25) is 0 Å². The van der Waals surface area contributed by atoms with E-state index >= 15 is 0 Å². The van der Waals surface area contributed by atoms with Crippen LogP contribution in [0, 0.1) is 0 Å². The maximum absolute atomic E-state index is 5.73. The molecule has 4 heterocycles. The van der Waals surface area contributed by atoms with Crippen LogP contribution in [0.25, 0.3) is 11.4 Å². The van der Waals surface area contributed by atoms with Crippen molar-refractivity contribution in [3.05, 3.63) is 35.7 Å². The quantitative estimate of drug-likeness (QED) is 0.805. The zero-order valence-electron chi connectivity index (χ0n) is 13.3. The lowest BCUT2D eigenvalue weighted by Crippen LogP contribution is -2.51. The molecule has 2 aromatic rings. The Hall–Kier alpha value is -2.10. The van der Waals surface area contributed by atoms with E-state index in [1.807, 2.05) is 13.8 Å². The van der Waals surface area contributed by atoms with Crippen molar-refractivity contribution in [1.29, 1.82) is 0 Å². The fourth-order valence-corrected chi connectivity index (χ4v) is 3.64. The Morgan fingerprint density at radius 3 is 1.68 bits per heavy atom. The lowest BCUT2D eigenvalue weighted by atomic mass is 9.94. The van der Waals surface area contributed by atoms with E-state index in [9.17, 15) is 0 Å². The second-order valence-corrected chi connectivity index (χ2v) is 5.85. The summed E-state index contributed by atoms with van der Waals surface area (Å²) in [6.45, 7) is 7.51. The average molecular weight is 298 g/mol. The predicted molar refractivity (Wildman–Crippen MR) is 82.0 cm³/mol. The van der Waals surface area contributed by atoms with Crippen molar-refractivity contribution >= 4 is 0 Å². The van der Waals surface area contributed by atoms with Crippen LogP contribution in [0.1, 0.15) is 25.0 Å². The van der Waals surface area contributed by atoms with Crippen LogP contribution >= 0.6 is 0 Å². The molecule has 22 heavy (non-hydrogen) atoms. The second kappa shape index (κ2) is 5.27. The highest BCUT2D eigenvalue weighted by atomic mass is 16.5. The van der Waals surface area contributed by atoms with Crippen LogP contribution in [-0.4, -0.2) is 13.2 Å². The van der Waals surface area contributed by atoms with Gasteiger partial charge in [0.15, 0.2) is 24.6 Å². The predicted octanol–water partition coefficient (Wildman–Crippen LogP) is 1.84. The first-order valence-electron chi connectivity index (χ1n) is 8.19. The minimum Gasteiger partial charge on any atom is -0.488 e. The standard InChI is InChI=1S/C18H22N2O2/c1-3-21-15-9-13-5-8-20-12-16(22-4-2)10-14-6-7-19(11-15)17(13)18(14)20/h9-12H,3-8H2,1-2H3/q+2. The molecule has 0 N–H and O–H groups in total. The monoisotopic (exact) mass is 298 g/mol. The van der Waals surface area contributed by atoms with Crippen molar-refractivity contribution in [3.8, 4) is 22.9 Å². The van der Waals surface area contributed by atoms with Crippen LogP contribution in [0.3, 0.4) is 0 Å². The van der Waals surface area contributed by atoms with Gasteiger partial charge in [-0.25, -0.2) is 0 Å². The second-order valence-electron chi connectivity index (χ2n) is 5.85. The molecule has 0 saturated carbocycles. The van der Waals surface area contributed by atoms with Gasteiger partial charge in [-0.1, -0.05) is 0 Å². The van der Waals surface area contributed by atoms with Crippen molar-refractivity contribution in [2.75, 3.05) is 13.2 Å². The first kappa shape index (κ1) is 13.6. The molecule has 0 spiro atoms. The van der Waals surface area contributed by atoms with Crippen LogP contribution in [-0.2, 0) is 25.9 Å². The Labute approximate surface area is 130 Å². The minimum absolute atomic E-state index is 0.715. The number of pyridine rings is 2. The van der Waals surface area contributed by atoms with E-state index in [2.05, 4.69) is 33.7 Å². The largest absolute Gasteiger partial charge is 0.488 e. The van der Waals surface area contributed by atoms with Gasteiger partial charge in [-0.05, 0) is 26.0 Å². The SMILES string of the molecule is CCOc1cc2c3[n+](c1)CCc1cc(OCC)c[n+](c1-3)CC2. The number of ether oxygens (including phenoxy) is 2. The lowest BCUT2D eigenvalue weighted by Gasteiger charge is -2.21. The van der Waals surface area contributed by atoms with Gasteiger partial charge in [0.2, 0.25) is 12.4 Å². The number of aromatic nitrogens is 2. The Kier molecular flexibility index (Phi) is 3.25. The molecule has 0 fully saturated rings. The molecule has 114 valence electrons. The molecular formula is C18H22N2O2+2. The maximum Gasteiger partial charge on any atom is 0.281 e. The van der Waals surface area contributed by atoms with Gasteiger partial charge in [0, 0.05) is 24.0 Å². The first-order chi connectivity index (χ1) is 10.8. The molecule has 2 aliphatic heterocycles. The zero-order valence-corrected chi connectivity index (χ0v) is 13.3. The summed E-state index contributed by atoms with van der Waals surface area (Å²) >= 11 is 0. The highest BCUT2D eigenvalue weighted by Gasteiger charge is 2.39. The molecule has 0 saturated heterocycles. The van der Waals surface area contributed by atoms with Crippen LogP contribution in [0.4, 0.5) is 0 Å². The normalized spacial score (nSPS) is 14.5. The fourth-order valence-electron chi connectivity index (χ4n) is 3.64. The van der Waals surface area contributed by atoms with E-state index in [0.717, 1.165) is 37.4 Å². The summed E-state index contributed by atoms with van der Waals surface area (Å²) in [4.78, 5) is 0. The Morgan fingerprint density at radius 2 is 1.27 bits per heavy atom. The molecule has 0 radical (unpaired) electrons. The molecule has 0 aliphatic carbocycles. The summed E-state index contributed by atoms with van der Waals surface area (Å²) < 4.78 is 16.2. The maximum atomic E-state index is 5.73. The molecule has 4 heteroatoms. The van der Waals surface area contributed by atoms with Crippen molar-refractivity contribution in [2.24, 2.45) is 0 Å². The number of aryl methyl sites for hydroxylation is 4. The molecular weight excluding hydrogens is 276 g/mol. The minimum atomic E-state index is 0.715. The molecule has 0 amide bonds. The van der Waals surface area contributed by atoms with Gasteiger partial charge < -0.3 is 9.47 Å². The molecule has 4 nitrogen and oxygen atoms in total. The average Bonchev–Trinajstić information content (AvgIpc) is 2.53. The molecule has 0 unspecified atom stereocenters. The van der Waals surface area contributed by atoms with E-state index in [4.69, 9.17) is 9.47 Å². The lowest BCUT2D eigenvalue weighted by molar-refractivity contribution is -0.724. The van der Waals surface area contributed by atoms with E-state index in [1.54, 1.807) is 0 Å². The van der Waals surface area contributed by atoms with Crippen molar-refractivity contribution < 1.29 is 18.6 Å². The van der Waals surface area contributed by atoms with E-state index in [-0.39, 0.29) is 0 Å². The molecule has 2 aliphatic rings. The number of rotatable bonds is 4. The van der Waals surface area contributed by atoms with E-state index in [1.165, 1.54) is 22.5 Å². The number of hydrogen-bond acceptors (Lipinski definition) is 2. The van der Waals surface area contributed by atoms with Gasteiger partial charge in [0.1, 0.15) is 0 Å². The first-order valence-corrected chi connectivity index (χ1v) is 8.19. The Balaban J connectivity index is 1.88. The van der Waals surface area contributed by atoms with Crippen LogP contribution in [0.2, 0.25) is 0 Å². The molecule has 0 aromatic carbocycles. The summed E-state index contributed by atoms with van der Waals surface area (Å²) in [6, 6.07) is 4.43. The molecule has 0 atom stereocenters. The van der Waals surface area contributed by atoms with E-state index < -0.39 is 0 Å².